The second kappa shape index (κ2) is 7.33. The normalized spacial score (nSPS) is 13.5. The minimum atomic E-state index is -4.53. The first-order valence-electron chi connectivity index (χ1n) is 9.08. The Bertz CT molecular complexity index is 1190. The first-order chi connectivity index (χ1) is 14.3. The summed E-state index contributed by atoms with van der Waals surface area (Å²) in [7, 11) is 0. The Kier molecular flexibility index (Phi) is 4.81. The van der Waals surface area contributed by atoms with Crippen molar-refractivity contribution < 1.29 is 22.7 Å². The van der Waals surface area contributed by atoms with Gasteiger partial charge in [-0.2, -0.15) is 18.3 Å². The Morgan fingerprint density at radius 3 is 2.63 bits per heavy atom. The van der Waals surface area contributed by atoms with Gasteiger partial charge in [0.05, 0.1) is 23.5 Å². The minimum absolute atomic E-state index is 0.0961. The number of halogens is 3. The highest BCUT2D eigenvalue weighted by Gasteiger charge is 2.31. The molecule has 9 heteroatoms. The number of hydrogen-bond donors (Lipinski definition) is 0. The van der Waals surface area contributed by atoms with E-state index in [9.17, 15) is 22.8 Å². The SMILES string of the molecule is Cc1cc(=O)c(C(=O)N2CCOc3ccccc32)nn1-c1cccc(C(F)(F)F)c1. The van der Waals surface area contributed by atoms with Crippen LogP contribution in [0.5, 0.6) is 5.75 Å². The fraction of sp³-hybridized carbons (Fsp3) is 0.190. The second-order valence-electron chi connectivity index (χ2n) is 6.73. The Hall–Kier alpha value is -3.62. The van der Waals surface area contributed by atoms with E-state index in [0.29, 0.717) is 17.1 Å². The molecule has 2 aromatic carbocycles. The maximum Gasteiger partial charge on any atom is 0.416 e. The molecule has 1 amide bonds. The molecule has 1 aromatic heterocycles. The van der Waals surface area contributed by atoms with Gasteiger partial charge in [-0.25, -0.2) is 4.68 Å². The predicted molar refractivity (Wildman–Crippen MR) is 103 cm³/mol. The zero-order chi connectivity index (χ0) is 21.5. The van der Waals surface area contributed by atoms with Gasteiger partial charge >= 0.3 is 6.18 Å². The number of carbonyl (C=O) groups excluding carboxylic acids is 1. The van der Waals surface area contributed by atoms with Crippen LogP contribution in [-0.4, -0.2) is 28.8 Å². The van der Waals surface area contributed by atoms with Crippen molar-refractivity contribution in [2.45, 2.75) is 13.1 Å². The smallest absolute Gasteiger partial charge is 0.416 e. The molecule has 0 spiro atoms. The largest absolute Gasteiger partial charge is 0.490 e. The van der Waals surface area contributed by atoms with Crippen molar-refractivity contribution in [3.63, 3.8) is 0 Å². The second-order valence-corrected chi connectivity index (χ2v) is 6.73. The van der Waals surface area contributed by atoms with E-state index in [2.05, 4.69) is 5.10 Å². The molecule has 0 radical (unpaired) electrons. The number of carbonyl (C=O) groups is 1. The van der Waals surface area contributed by atoms with E-state index >= 15 is 0 Å². The van der Waals surface area contributed by atoms with Crippen LogP contribution >= 0.6 is 0 Å². The van der Waals surface area contributed by atoms with E-state index < -0.39 is 23.1 Å². The number of hydrogen-bond acceptors (Lipinski definition) is 4. The lowest BCUT2D eigenvalue weighted by Crippen LogP contribution is -2.41. The molecule has 0 aliphatic carbocycles. The molecule has 3 aromatic rings. The number of aromatic nitrogens is 2. The minimum Gasteiger partial charge on any atom is -0.490 e. The van der Waals surface area contributed by atoms with Crippen LogP contribution < -0.4 is 15.1 Å². The zero-order valence-electron chi connectivity index (χ0n) is 15.8. The zero-order valence-corrected chi connectivity index (χ0v) is 15.8. The number of anilines is 1. The van der Waals surface area contributed by atoms with Crippen molar-refractivity contribution in [1.82, 2.24) is 9.78 Å². The predicted octanol–water partition coefficient (Wildman–Crippen LogP) is 3.60. The van der Waals surface area contributed by atoms with Gasteiger partial charge in [0.25, 0.3) is 5.91 Å². The summed E-state index contributed by atoms with van der Waals surface area (Å²) in [5.74, 6) is -0.140. The van der Waals surface area contributed by atoms with Gasteiger partial charge in [0, 0.05) is 11.8 Å². The molecule has 1 aliphatic rings. The molecule has 154 valence electrons. The Labute approximate surface area is 169 Å². The third-order valence-corrected chi connectivity index (χ3v) is 4.70. The summed E-state index contributed by atoms with van der Waals surface area (Å²) in [5.41, 5.74) is -0.938. The quantitative estimate of drug-likeness (QED) is 0.642. The van der Waals surface area contributed by atoms with Gasteiger partial charge < -0.3 is 4.74 Å². The number of nitrogens with zero attached hydrogens (tertiary/aromatic N) is 3. The van der Waals surface area contributed by atoms with Crippen LogP contribution in [0.25, 0.3) is 5.69 Å². The van der Waals surface area contributed by atoms with Crippen molar-refractivity contribution >= 4 is 11.6 Å². The summed E-state index contributed by atoms with van der Waals surface area (Å²) in [6, 6.07) is 12.6. The molecule has 0 unspecified atom stereocenters. The molecule has 6 nitrogen and oxygen atoms in total. The van der Waals surface area contributed by atoms with Crippen LogP contribution in [0.2, 0.25) is 0 Å². The molecule has 0 fully saturated rings. The van der Waals surface area contributed by atoms with Crippen molar-refractivity contribution in [2.24, 2.45) is 0 Å². The highest BCUT2D eigenvalue weighted by atomic mass is 19.4. The van der Waals surface area contributed by atoms with E-state index in [0.717, 1.165) is 16.8 Å². The molecule has 0 saturated heterocycles. The number of para-hydroxylation sites is 2. The fourth-order valence-electron chi connectivity index (χ4n) is 3.28. The Morgan fingerprint density at radius 1 is 1.10 bits per heavy atom. The number of amides is 1. The average Bonchev–Trinajstić information content (AvgIpc) is 2.72. The van der Waals surface area contributed by atoms with E-state index in [4.69, 9.17) is 4.74 Å². The third-order valence-electron chi connectivity index (χ3n) is 4.70. The van der Waals surface area contributed by atoms with Crippen LogP contribution in [0.4, 0.5) is 18.9 Å². The lowest BCUT2D eigenvalue weighted by molar-refractivity contribution is -0.137. The first-order valence-corrected chi connectivity index (χ1v) is 9.08. The molecule has 0 N–H and O–H groups in total. The summed E-state index contributed by atoms with van der Waals surface area (Å²) in [6.07, 6.45) is -4.53. The molecule has 1 aliphatic heterocycles. The van der Waals surface area contributed by atoms with E-state index in [1.807, 2.05) is 0 Å². The monoisotopic (exact) mass is 415 g/mol. The summed E-state index contributed by atoms with van der Waals surface area (Å²) in [5, 5.41) is 4.12. The molecule has 0 atom stereocenters. The van der Waals surface area contributed by atoms with Crippen molar-refractivity contribution in [3.8, 4) is 11.4 Å². The van der Waals surface area contributed by atoms with Gasteiger partial charge in [-0.3, -0.25) is 14.5 Å². The molecule has 4 rings (SSSR count). The first kappa shape index (κ1) is 19.7. The number of rotatable bonds is 2. The topological polar surface area (TPSA) is 64.4 Å². The molecular weight excluding hydrogens is 399 g/mol. The van der Waals surface area contributed by atoms with Crippen molar-refractivity contribution in [3.05, 3.63) is 81.8 Å². The maximum absolute atomic E-state index is 13.1. The summed E-state index contributed by atoms with van der Waals surface area (Å²) < 4.78 is 45.9. The third kappa shape index (κ3) is 3.54. The van der Waals surface area contributed by atoms with E-state index in [1.54, 1.807) is 24.3 Å². The van der Waals surface area contributed by atoms with Gasteiger partial charge in [-0.15, -0.1) is 0 Å². The Morgan fingerprint density at radius 2 is 1.87 bits per heavy atom. The number of fused-ring (bicyclic) bond motifs is 1. The van der Waals surface area contributed by atoms with Crippen LogP contribution in [0.3, 0.4) is 0 Å². The fourth-order valence-corrected chi connectivity index (χ4v) is 3.28. The summed E-state index contributed by atoms with van der Waals surface area (Å²) in [4.78, 5) is 27.0. The highest BCUT2D eigenvalue weighted by Crippen LogP contribution is 2.32. The summed E-state index contributed by atoms with van der Waals surface area (Å²) >= 11 is 0. The molecular formula is C21H16F3N3O3. The lowest BCUT2D eigenvalue weighted by atomic mass is 10.2. The molecule has 0 saturated carbocycles. The number of alkyl halides is 3. The van der Waals surface area contributed by atoms with Crippen LogP contribution in [0.15, 0.2) is 59.4 Å². The van der Waals surface area contributed by atoms with Crippen LogP contribution in [0.1, 0.15) is 21.7 Å². The van der Waals surface area contributed by atoms with Crippen LogP contribution in [0, 0.1) is 6.92 Å². The molecule has 2 heterocycles. The average molecular weight is 415 g/mol. The van der Waals surface area contributed by atoms with Crippen LogP contribution in [-0.2, 0) is 6.18 Å². The van der Waals surface area contributed by atoms with Crippen molar-refractivity contribution in [1.29, 1.82) is 0 Å². The molecule has 30 heavy (non-hydrogen) atoms. The van der Waals surface area contributed by atoms with E-state index in [1.165, 1.54) is 30.0 Å². The maximum atomic E-state index is 13.1. The van der Waals surface area contributed by atoms with E-state index in [-0.39, 0.29) is 24.5 Å². The number of aryl methyl sites for hydroxylation is 1. The lowest BCUT2D eigenvalue weighted by Gasteiger charge is -2.29. The van der Waals surface area contributed by atoms with Gasteiger partial charge in [-0.05, 0) is 37.3 Å². The Balaban J connectivity index is 1.79. The summed E-state index contributed by atoms with van der Waals surface area (Å²) in [6.45, 7) is 2.00. The van der Waals surface area contributed by atoms with Gasteiger partial charge in [0.15, 0.2) is 5.69 Å². The highest BCUT2D eigenvalue weighted by molar-refractivity contribution is 6.05. The van der Waals surface area contributed by atoms with Gasteiger partial charge in [0.1, 0.15) is 12.4 Å². The van der Waals surface area contributed by atoms with Gasteiger partial charge in [-0.1, -0.05) is 18.2 Å². The van der Waals surface area contributed by atoms with Gasteiger partial charge in [0.2, 0.25) is 5.43 Å². The standard InChI is InChI=1S/C21H16F3N3O3/c1-13-11-17(28)19(20(29)26-9-10-30-18-8-3-2-7-16(18)26)25-27(13)15-6-4-5-14(12-15)21(22,23)24/h2-8,11-12H,9-10H2,1H3. The number of benzene rings is 2. The molecule has 0 bridgehead atoms. The number of ether oxygens (including phenoxy) is 1. The van der Waals surface area contributed by atoms with Crippen molar-refractivity contribution in [2.75, 3.05) is 18.1 Å².